The van der Waals surface area contributed by atoms with Crippen molar-refractivity contribution in [1.82, 2.24) is 25.7 Å². The van der Waals surface area contributed by atoms with E-state index < -0.39 is 11.7 Å². The highest BCUT2D eigenvalue weighted by Gasteiger charge is 2.20. The van der Waals surface area contributed by atoms with Gasteiger partial charge < -0.3 is 21.3 Å². The first kappa shape index (κ1) is 22.6. The van der Waals surface area contributed by atoms with Crippen LogP contribution in [-0.2, 0) is 0 Å². The van der Waals surface area contributed by atoms with Gasteiger partial charge in [0.2, 0.25) is 0 Å². The molecule has 4 aromatic rings. The van der Waals surface area contributed by atoms with Crippen LogP contribution in [0.5, 0.6) is 0 Å². The third-order valence-corrected chi connectivity index (χ3v) is 7.14. The Hall–Kier alpha value is -3.90. The molecule has 0 aliphatic carbocycles. The molecule has 9 nitrogen and oxygen atoms in total. The van der Waals surface area contributed by atoms with Crippen LogP contribution in [0, 0.1) is 11.0 Å². The zero-order chi connectivity index (χ0) is 24.6. The molecule has 2 aliphatic heterocycles. The molecule has 182 valence electrons. The van der Waals surface area contributed by atoms with Gasteiger partial charge >= 0.3 is 0 Å². The molecule has 1 saturated heterocycles. The number of nitrogens with zero attached hydrogens (tertiary/aromatic N) is 4. The van der Waals surface area contributed by atoms with E-state index in [1.54, 1.807) is 24.3 Å². The Morgan fingerprint density at radius 2 is 2.06 bits per heavy atom. The van der Waals surface area contributed by atoms with E-state index in [9.17, 15) is 14.4 Å². The third kappa shape index (κ3) is 4.52. The predicted octanol–water partition coefficient (Wildman–Crippen LogP) is 4.07. The maximum atomic E-state index is 14.6. The Morgan fingerprint density at radius 1 is 1.19 bits per heavy atom. The van der Waals surface area contributed by atoms with Crippen LogP contribution in [0.15, 0.2) is 71.9 Å². The molecule has 0 unspecified atom stereocenters. The summed E-state index contributed by atoms with van der Waals surface area (Å²) >= 11 is 1.34. The highest BCUT2D eigenvalue weighted by Crippen LogP contribution is 2.28. The molecular formula is C25H21FN7O2S-. The SMILES string of the molecule is O=C(Nc1cc(C2=CC(=Nc3ccn(C4CNC4)n3)CN([O-])N2)ccc1F)c1cc2ccccc2s1. The number of halogens is 1. The minimum absolute atomic E-state index is 0.0204. The number of amides is 1. The smallest absolute Gasteiger partial charge is 0.265 e. The number of thiophene rings is 1. The Bertz CT molecular complexity index is 1490. The predicted molar refractivity (Wildman–Crippen MR) is 139 cm³/mol. The number of nitrogens with one attached hydrogen (secondary N) is 3. The van der Waals surface area contributed by atoms with E-state index in [-0.39, 0.29) is 12.2 Å². The summed E-state index contributed by atoms with van der Waals surface area (Å²) in [6.07, 6.45) is 3.60. The maximum Gasteiger partial charge on any atom is 0.265 e. The number of anilines is 1. The summed E-state index contributed by atoms with van der Waals surface area (Å²) in [6.45, 7) is 1.76. The highest BCUT2D eigenvalue weighted by atomic mass is 32.1. The summed E-state index contributed by atoms with van der Waals surface area (Å²) in [4.78, 5) is 17.8. The van der Waals surface area contributed by atoms with Gasteiger partial charge in [-0.2, -0.15) is 5.10 Å². The number of hydroxylamine groups is 1. The highest BCUT2D eigenvalue weighted by molar-refractivity contribution is 7.20. The molecule has 0 radical (unpaired) electrons. The molecule has 1 fully saturated rings. The van der Waals surface area contributed by atoms with Crippen LogP contribution in [0.3, 0.4) is 0 Å². The van der Waals surface area contributed by atoms with Crippen LogP contribution < -0.4 is 16.1 Å². The van der Waals surface area contributed by atoms with Crippen molar-refractivity contribution < 1.29 is 9.18 Å². The first-order valence-corrected chi connectivity index (χ1v) is 12.2. The van der Waals surface area contributed by atoms with E-state index in [2.05, 4.69) is 26.2 Å². The minimum Gasteiger partial charge on any atom is -0.767 e. The molecule has 1 amide bonds. The maximum absolute atomic E-state index is 14.6. The Balaban J connectivity index is 1.25. The summed E-state index contributed by atoms with van der Waals surface area (Å²) in [7, 11) is 0. The van der Waals surface area contributed by atoms with Gasteiger partial charge in [-0.15, -0.1) is 11.3 Å². The average Bonchev–Trinajstić information content (AvgIpc) is 3.46. The van der Waals surface area contributed by atoms with Crippen molar-refractivity contribution in [3.05, 3.63) is 88.3 Å². The topological polar surface area (TPSA) is 110 Å². The summed E-state index contributed by atoms with van der Waals surface area (Å²) in [5, 5.41) is 24.3. The van der Waals surface area contributed by atoms with Crippen molar-refractivity contribution in [3.63, 3.8) is 0 Å². The Morgan fingerprint density at radius 3 is 2.86 bits per heavy atom. The van der Waals surface area contributed by atoms with E-state index in [0.717, 1.165) is 23.2 Å². The lowest BCUT2D eigenvalue weighted by Gasteiger charge is -2.34. The molecular weight excluding hydrogens is 481 g/mol. The largest absolute Gasteiger partial charge is 0.767 e. The molecule has 0 bridgehead atoms. The van der Waals surface area contributed by atoms with Crippen LogP contribution in [0.1, 0.15) is 21.3 Å². The summed E-state index contributed by atoms with van der Waals surface area (Å²) < 4.78 is 17.4. The minimum atomic E-state index is -0.575. The first-order valence-electron chi connectivity index (χ1n) is 11.4. The lowest BCUT2D eigenvalue weighted by molar-refractivity contribution is 0.103. The Labute approximate surface area is 209 Å². The summed E-state index contributed by atoms with van der Waals surface area (Å²) in [5.41, 5.74) is 4.23. The van der Waals surface area contributed by atoms with E-state index in [4.69, 9.17) is 0 Å². The number of rotatable bonds is 5. The fraction of sp³-hybridized carbons (Fsp3) is 0.160. The molecule has 0 spiro atoms. The van der Waals surface area contributed by atoms with Gasteiger partial charge in [0.1, 0.15) is 5.82 Å². The summed E-state index contributed by atoms with van der Waals surface area (Å²) in [5.74, 6) is -0.463. The number of hydrazine groups is 1. The number of carbonyl (C=O) groups is 1. The zero-order valence-electron chi connectivity index (χ0n) is 18.9. The Kier molecular flexibility index (Phi) is 5.82. The first-order chi connectivity index (χ1) is 17.5. The van der Waals surface area contributed by atoms with Crippen molar-refractivity contribution in [3.8, 4) is 0 Å². The molecule has 2 aromatic heterocycles. The lowest BCUT2D eigenvalue weighted by atomic mass is 10.1. The lowest BCUT2D eigenvalue weighted by Crippen LogP contribution is -2.43. The number of hydrogen-bond donors (Lipinski definition) is 3. The van der Waals surface area contributed by atoms with E-state index in [1.807, 2.05) is 35.1 Å². The van der Waals surface area contributed by atoms with Gasteiger partial charge in [-0.1, -0.05) is 18.2 Å². The molecule has 2 aliphatic rings. The van der Waals surface area contributed by atoms with Crippen LogP contribution >= 0.6 is 11.3 Å². The average molecular weight is 503 g/mol. The second-order valence-electron chi connectivity index (χ2n) is 8.57. The fourth-order valence-corrected chi connectivity index (χ4v) is 5.00. The van der Waals surface area contributed by atoms with E-state index in [0.29, 0.717) is 38.9 Å². The number of fused-ring (bicyclic) bond motifs is 1. The number of carbonyl (C=O) groups excluding carboxylic acids is 1. The quantitative estimate of drug-likeness (QED) is 0.380. The van der Waals surface area contributed by atoms with Crippen molar-refractivity contribution in [2.45, 2.75) is 6.04 Å². The van der Waals surface area contributed by atoms with Gasteiger partial charge in [0.05, 0.1) is 28.0 Å². The van der Waals surface area contributed by atoms with Gasteiger partial charge in [-0.05, 0) is 41.8 Å². The van der Waals surface area contributed by atoms with Gasteiger partial charge in [0.25, 0.3) is 5.91 Å². The second kappa shape index (κ2) is 9.28. The zero-order valence-corrected chi connectivity index (χ0v) is 19.8. The van der Waals surface area contributed by atoms with Crippen LogP contribution in [0.25, 0.3) is 15.8 Å². The van der Waals surface area contributed by atoms with Gasteiger partial charge in [-0.3, -0.25) is 14.6 Å². The van der Waals surface area contributed by atoms with E-state index in [1.165, 1.54) is 23.5 Å². The molecule has 6 rings (SSSR count). The molecule has 2 aromatic carbocycles. The number of benzene rings is 2. The van der Waals surface area contributed by atoms with Crippen molar-refractivity contribution >= 4 is 50.2 Å². The van der Waals surface area contributed by atoms with Crippen molar-refractivity contribution in [1.29, 1.82) is 0 Å². The molecule has 0 atom stereocenters. The van der Waals surface area contributed by atoms with Crippen molar-refractivity contribution in [2.75, 3.05) is 25.0 Å². The molecule has 4 heterocycles. The third-order valence-electron chi connectivity index (χ3n) is 6.02. The van der Waals surface area contributed by atoms with Gasteiger partial charge in [0.15, 0.2) is 5.82 Å². The molecule has 11 heteroatoms. The van der Waals surface area contributed by atoms with Crippen LogP contribution in [0.2, 0.25) is 0 Å². The molecule has 36 heavy (non-hydrogen) atoms. The normalized spacial score (nSPS) is 17.6. The number of hydrogen-bond acceptors (Lipinski definition) is 8. The van der Waals surface area contributed by atoms with Gasteiger partial charge in [0, 0.05) is 42.2 Å². The fourth-order valence-electron chi connectivity index (χ4n) is 4.05. The molecule has 3 N–H and O–H groups in total. The monoisotopic (exact) mass is 502 g/mol. The van der Waals surface area contributed by atoms with Gasteiger partial charge in [-0.25, -0.2) is 9.38 Å². The number of aromatic nitrogens is 2. The summed E-state index contributed by atoms with van der Waals surface area (Å²) in [6, 6.07) is 15.9. The molecule has 0 saturated carbocycles. The van der Waals surface area contributed by atoms with Crippen LogP contribution in [0.4, 0.5) is 15.9 Å². The number of aliphatic imine (C=N–C) groups is 1. The standard InChI is InChI=1S/C25H21FN7O2S/c26-19-6-5-15(9-21(19)29-25(34)23-10-16-3-1-2-4-22(16)36-23)20-11-17(14-33(35)30-20)28-24-7-8-32(31-24)18-12-27-13-18/h1-11,18,27,30H,12-14H2,(H,29,34)/q-1. The van der Waals surface area contributed by atoms with Crippen LogP contribution in [-0.4, -0.2) is 46.2 Å². The second-order valence-corrected chi connectivity index (χ2v) is 9.66. The van der Waals surface area contributed by atoms with Crippen molar-refractivity contribution in [2.24, 2.45) is 4.99 Å². The van der Waals surface area contributed by atoms with E-state index >= 15 is 0 Å².